The molecule has 4 saturated heterocycles. The number of benzene rings is 4. The molecule has 4 saturated carbocycles. The number of methoxy groups -OCH3 is 2. The highest BCUT2D eigenvalue weighted by molar-refractivity contribution is 5.96. The van der Waals surface area contributed by atoms with E-state index in [1.165, 1.54) is 46.2 Å². The summed E-state index contributed by atoms with van der Waals surface area (Å²) in [6.45, 7) is 13.0. The van der Waals surface area contributed by atoms with E-state index >= 15 is 0 Å². The fraction of sp³-hybridized carbons (Fsp3) is 0.615. The molecule has 5 N–H and O–H groups in total. The number of hydrogen-bond acceptors (Lipinski definition) is 15. The van der Waals surface area contributed by atoms with Gasteiger partial charge in [-0.3, -0.25) is 24.1 Å². The molecule has 1 spiro atoms. The summed E-state index contributed by atoms with van der Waals surface area (Å²) in [6.07, 6.45) is 15.5. The molecule has 8 bridgehead atoms. The molecule has 0 aromatic heterocycles. The Kier molecular flexibility index (Phi) is 16.6. The van der Waals surface area contributed by atoms with E-state index in [2.05, 4.69) is 83.5 Å². The van der Waals surface area contributed by atoms with Gasteiger partial charge in [-0.2, -0.15) is 0 Å². The highest BCUT2D eigenvalue weighted by Gasteiger charge is 2.72. The first-order chi connectivity index (χ1) is 43.5. The summed E-state index contributed by atoms with van der Waals surface area (Å²) in [5.41, 5.74) is 10.7. The number of likely N-dealkylation sites (N-methyl/N-ethyl adjacent to an activating group) is 2. The molecule has 15 heteroatoms. The Morgan fingerprint density at radius 3 is 1.98 bits per heavy atom. The summed E-state index contributed by atoms with van der Waals surface area (Å²) in [5, 5.41) is 48.5. The van der Waals surface area contributed by atoms with Gasteiger partial charge in [-0.15, -0.1) is 0 Å². The molecule has 500 valence electrons. The van der Waals surface area contributed by atoms with E-state index < -0.39 is 22.7 Å². The minimum absolute atomic E-state index is 0. The number of fused-ring (bicyclic) bond motifs is 3. The van der Waals surface area contributed by atoms with Crippen LogP contribution in [0.25, 0.3) is 0 Å². The number of aromatic hydroxyl groups is 2. The standard InChI is InChI=1S/C21H27NO2.C19H25NO3.C19H23NO3.C17H19NO3.2CH4/c1-14-2-5-16-11-19-21(24)7-6-17(23)12-20(21,18(16)10-14)8-9-22(19)13-15-3-4-15;2*1-11-4-5-12-8-14-13-9-16(23-3)15(21)10-19(13,6-7-20(14)2)17(12)18(11)22;1-9-2-3-10-8-12-17(20)5-4-11(19)15-16(17,6-7-18-12)13(10)14(9)21-15;;/h2,5,10,15,19,24H,3-4,6-9,11-13H2,1H3;4-5,13-14,16,22H,6-10H2,1-3H3;4-5,9,13-14,22H,6-8,10H2,1-3H3;2-3,12,15,18,20H,4-8H2,1H3;2*1H4/t19-,20-,21-;13-,14+,16?,19-;13-,14+,19-;12-,15+,16+,17-;;/m0110../s1. The monoisotopic (exact) mass is 1270 g/mol. The van der Waals surface area contributed by atoms with Crippen LogP contribution in [0.5, 0.6) is 17.2 Å². The van der Waals surface area contributed by atoms with Crippen molar-refractivity contribution in [2.75, 3.05) is 61.0 Å². The number of rotatable bonds is 4. The second-order valence-corrected chi connectivity index (χ2v) is 30.8. The topological polar surface area (TPSA) is 199 Å². The summed E-state index contributed by atoms with van der Waals surface area (Å²) < 4.78 is 16.9. The van der Waals surface area contributed by atoms with Crippen molar-refractivity contribution in [2.24, 2.45) is 17.8 Å². The lowest BCUT2D eigenvalue weighted by molar-refractivity contribution is -0.173. The number of Topliss-reactive ketones (excluding diaryl/α,β-unsaturated/α-hetero) is 4. The smallest absolute Gasteiger partial charge is 0.197 e. The van der Waals surface area contributed by atoms with Gasteiger partial charge in [-0.25, -0.2) is 0 Å². The van der Waals surface area contributed by atoms with Gasteiger partial charge < -0.3 is 49.8 Å². The average Bonchev–Trinajstić information content (AvgIpc) is 1.61. The fourth-order valence-electron chi connectivity index (χ4n) is 21.6. The number of piperidine rings is 4. The predicted molar refractivity (Wildman–Crippen MR) is 358 cm³/mol. The van der Waals surface area contributed by atoms with E-state index in [0.29, 0.717) is 86.0 Å². The Labute approximate surface area is 551 Å². The Balaban J connectivity index is 0.000000112. The highest BCUT2D eigenvalue weighted by Crippen LogP contribution is 2.64. The predicted octanol–water partition coefficient (Wildman–Crippen LogP) is 9.55. The lowest BCUT2D eigenvalue weighted by Crippen LogP contribution is -2.76. The number of nitrogens with zero attached hydrogens (tertiary/aromatic N) is 3. The number of carbonyl (C=O) groups excluding carboxylic acids is 4. The molecule has 0 radical (unpaired) electrons. The van der Waals surface area contributed by atoms with Gasteiger partial charge in [0.05, 0.1) is 23.7 Å². The van der Waals surface area contributed by atoms with Gasteiger partial charge in [0.1, 0.15) is 29.1 Å². The molecule has 4 aromatic rings. The zero-order valence-electron chi connectivity index (χ0n) is 54.7. The van der Waals surface area contributed by atoms with Crippen LogP contribution in [0.1, 0.15) is 172 Å². The molecule has 0 amide bonds. The quantitative estimate of drug-likeness (QED) is 0.129. The van der Waals surface area contributed by atoms with Gasteiger partial charge in [0.2, 0.25) is 0 Å². The molecule has 14 aliphatic rings. The Hall–Kier alpha value is -5.78. The highest BCUT2D eigenvalue weighted by atomic mass is 16.5. The maximum Gasteiger partial charge on any atom is 0.197 e. The van der Waals surface area contributed by atoms with Crippen LogP contribution in [0.4, 0.5) is 0 Å². The van der Waals surface area contributed by atoms with Gasteiger partial charge in [-0.05, 0) is 214 Å². The van der Waals surface area contributed by atoms with Crippen LogP contribution < -0.4 is 10.1 Å². The Morgan fingerprint density at radius 1 is 0.656 bits per heavy atom. The second kappa shape index (κ2) is 23.5. The maximum atomic E-state index is 12.6. The van der Waals surface area contributed by atoms with E-state index in [1.807, 2.05) is 39.0 Å². The van der Waals surface area contributed by atoms with Crippen LogP contribution in [0, 0.1) is 45.4 Å². The van der Waals surface area contributed by atoms with Crippen molar-refractivity contribution in [3.63, 3.8) is 0 Å². The van der Waals surface area contributed by atoms with Crippen molar-refractivity contribution in [3.05, 3.63) is 133 Å². The first-order valence-corrected chi connectivity index (χ1v) is 34.3. The van der Waals surface area contributed by atoms with Crippen LogP contribution in [0.15, 0.2) is 66.4 Å². The second-order valence-electron chi connectivity index (χ2n) is 30.8. The Morgan fingerprint density at radius 2 is 1.29 bits per heavy atom. The van der Waals surface area contributed by atoms with Crippen LogP contribution >= 0.6 is 0 Å². The number of carbonyl (C=O) groups is 4. The van der Waals surface area contributed by atoms with E-state index in [9.17, 15) is 39.6 Å². The van der Waals surface area contributed by atoms with Crippen molar-refractivity contribution in [2.45, 2.75) is 227 Å². The normalized spacial score (nSPS) is 36.7. The Bertz CT molecular complexity index is 3750. The minimum atomic E-state index is -0.851. The molecule has 4 aromatic carbocycles. The van der Waals surface area contributed by atoms with Crippen molar-refractivity contribution < 1.29 is 53.8 Å². The number of allylic oxidation sites excluding steroid dienone is 1. The number of nitrogens with one attached hydrogen (secondary N) is 1. The van der Waals surface area contributed by atoms with Crippen LogP contribution in [-0.4, -0.2) is 167 Å². The number of ether oxygens (including phenoxy) is 3. The fourth-order valence-corrected chi connectivity index (χ4v) is 21.6. The molecule has 8 fully saturated rings. The van der Waals surface area contributed by atoms with Crippen molar-refractivity contribution in [1.29, 1.82) is 0 Å². The third-order valence-electron chi connectivity index (χ3n) is 26.5. The lowest BCUT2D eigenvalue weighted by Gasteiger charge is -2.63. The molecule has 9 aliphatic carbocycles. The zero-order valence-corrected chi connectivity index (χ0v) is 54.7. The molecule has 18 rings (SSSR count). The van der Waals surface area contributed by atoms with E-state index in [1.54, 1.807) is 14.2 Å². The molecule has 5 aliphatic heterocycles. The third kappa shape index (κ3) is 9.54. The minimum Gasteiger partial charge on any atom is -0.507 e. The number of hydrogen-bond donors (Lipinski definition) is 5. The number of phenolic OH excluding ortho intramolecular Hbond substituents is 2. The average molecular weight is 1270 g/mol. The largest absolute Gasteiger partial charge is 0.507 e. The summed E-state index contributed by atoms with van der Waals surface area (Å²) in [4.78, 5) is 57.5. The summed E-state index contributed by atoms with van der Waals surface area (Å²) in [7, 11) is 7.55. The third-order valence-corrected chi connectivity index (χ3v) is 26.5. The van der Waals surface area contributed by atoms with Crippen molar-refractivity contribution in [1.82, 2.24) is 20.0 Å². The molecular weight excluding hydrogens is 1170 g/mol. The summed E-state index contributed by atoms with van der Waals surface area (Å²) in [6, 6.07) is 20.2. The number of ketones is 4. The SMILES string of the molecule is C.C.COC1=C[C@@H]2[C@@H]3Cc4ccc(C)c(O)c4[C@]2(CCN3C)CC1=O.COC1C[C@@H]2[C@@H]3Cc4ccc(C)c(O)c4[C@]2(CCN3C)CC1=O.Cc1ccc2c(c1)[C@@]13CCN(CC4CC4)[C@@H](C2)[C@@]1(O)CCC(=O)C3.Cc1ccc2c3c1O[C@@H]1C(=O)CC[C@]4(O)[C@H](C2)NCC[C@@]314. The van der Waals surface area contributed by atoms with Gasteiger partial charge in [0.25, 0.3) is 0 Å². The van der Waals surface area contributed by atoms with E-state index in [4.69, 9.17) is 14.2 Å². The van der Waals surface area contributed by atoms with Crippen LogP contribution in [0.3, 0.4) is 0 Å². The van der Waals surface area contributed by atoms with Gasteiger partial charge in [0.15, 0.2) is 29.2 Å². The van der Waals surface area contributed by atoms with Crippen LogP contribution in [0.2, 0.25) is 0 Å². The van der Waals surface area contributed by atoms with Gasteiger partial charge in [-0.1, -0.05) is 75.0 Å². The zero-order chi connectivity index (χ0) is 63.6. The molecule has 93 heavy (non-hydrogen) atoms. The number of aryl methyl sites for hydroxylation is 4. The lowest BCUT2D eigenvalue weighted by atomic mass is 9.49. The molecule has 5 heterocycles. The molecule has 1 unspecified atom stereocenters. The molecular formula is C78H102N4O11. The summed E-state index contributed by atoms with van der Waals surface area (Å²) in [5.74, 6) is 4.34. The van der Waals surface area contributed by atoms with Crippen molar-refractivity contribution >= 4 is 23.1 Å². The number of aliphatic hydroxyl groups is 2. The first kappa shape index (κ1) is 65.9. The van der Waals surface area contributed by atoms with Crippen molar-refractivity contribution in [3.8, 4) is 17.2 Å². The molecule has 14 atom stereocenters. The van der Waals surface area contributed by atoms with Crippen LogP contribution in [-0.2, 0) is 76.0 Å². The summed E-state index contributed by atoms with van der Waals surface area (Å²) >= 11 is 0. The van der Waals surface area contributed by atoms with Gasteiger partial charge in [0, 0.05) is 109 Å². The number of likely N-dealkylation sites (tertiary alicyclic amines) is 3. The number of phenols is 2. The maximum absolute atomic E-state index is 12.6. The first-order valence-electron chi connectivity index (χ1n) is 34.3. The molecule has 15 nitrogen and oxygen atoms in total. The van der Waals surface area contributed by atoms with Gasteiger partial charge >= 0.3 is 0 Å². The van der Waals surface area contributed by atoms with E-state index in [-0.39, 0.29) is 72.6 Å². The van der Waals surface area contributed by atoms with E-state index in [0.717, 1.165) is 136 Å².